The molecule has 0 heterocycles. The van der Waals surface area contributed by atoms with Gasteiger partial charge in [-0.15, -0.1) is 19.8 Å². The van der Waals surface area contributed by atoms with Crippen LogP contribution in [0.4, 0.5) is 18.9 Å². The van der Waals surface area contributed by atoms with E-state index in [0.717, 1.165) is 0 Å². The summed E-state index contributed by atoms with van der Waals surface area (Å²) in [6.45, 7) is 3.35. The minimum atomic E-state index is -4.69. The molecule has 1 aromatic rings. The van der Waals surface area contributed by atoms with Crippen LogP contribution < -0.4 is 10.1 Å². The third-order valence-electron chi connectivity index (χ3n) is 1.92. The topological polar surface area (TPSA) is 41.5 Å². The van der Waals surface area contributed by atoms with Crippen molar-refractivity contribution >= 4 is 5.69 Å². The highest BCUT2D eigenvalue weighted by Gasteiger charge is 2.30. The SMILES string of the molecule is C=CC(CO)Nc1ccc(OC(F)(F)F)cc1. The van der Waals surface area contributed by atoms with Crippen LogP contribution in [-0.4, -0.2) is 24.1 Å². The smallest absolute Gasteiger partial charge is 0.406 e. The number of ether oxygens (including phenoxy) is 1. The van der Waals surface area contributed by atoms with Gasteiger partial charge in [-0.2, -0.15) is 0 Å². The van der Waals surface area contributed by atoms with E-state index in [2.05, 4.69) is 16.6 Å². The van der Waals surface area contributed by atoms with E-state index in [0.29, 0.717) is 5.69 Å². The van der Waals surface area contributed by atoms with Crippen LogP contribution in [0.3, 0.4) is 0 Å². The van der Waals surface area contributed by atoms with Crippen molar-refractivity contribution in [2.45, 2.75) is 12.4 Å². The first kappa shape index (κ1) is 13.4. The average molecular weight is 247 g/mol. The van der Waals surface area contributed by atoms with E-state index < -0.39 is 6.36 Å². The number of hydrogen-bond donors (Lipinski definition) is 2. The molecule has 0 amide bonds. The van der Waals surface area contributed by atoms with Gasteiger partial charge in [-0.3, -0.25) is 0 Å². The largest absolute Gasteiger partial charge is 0.573 e. The Bertz CT molecular complexity index is 362. The first-order valence-corrected chi connectivity index (χ1v) is 4.80. The molecule has 6 heteroatoms. The molecule has 0 aromatic heterocycles. The van der Waals surface area contributed by atoms with E-state index in [9.17, 15) is 13.2 Å². The number of aliphatic hydroxyl groups excluding tert-OH is 1. The van der Waals surface area contributed by atoms with Crippen molar-refractivity contribution in [2.24, 2.45) is 0 Å². The zero-order valence-electron chi connectivity index (χ0n) is 8.87. The summed E-state index contributed by atoms with van der Waals surface area (Å²) >= 11 is 0. The third kappa shape index (κ3) is 4.78. The number of hydrogen-bond acceptors (Lipinski definition) is 3. The average Bonchev–Trinajstić information content (AvgIpc) is 2.26. The van der Waals surface area contributed by atoms with E-state index in [1.807, 2.05) is 0 Å². The highest BCUT2D eigenvalue weighted by Crippen LogP contribution is 2.24. The summed E-state index contributed by atoms with van der Waals surface area (Å²) in [5.41, 5.74) is 0.568. The van der Waals surface area contributed by atoms with E-state index >= 15 is 0 Å². The molecular formula is C11H12F3NO2. The first-order valence-electron chi connectivity index (χ1n) is 4.80. The Morgan fingerprint density at radius 2 is 1.94 bits per heavy atom. The number of anilines is 1. The third-order valence-corrected chi connectivity index (χ3v) is 1.92. The van der Waals surface area contributed by atoms with Crippen molar-refractivity contribution in [1.29, 1.82) is 0 Å². The van der Waals surface area contributed by atoms with Crippen LogP contribution in [0, 0.1) is 0 Å². The molecule has 0 saturated carbocycles. The maximum atomic E-state index is 11.9. The number of aliphatic hydroxyl groups is 1. The minimum Gasteiger partial charge on any atom is -0.406 e. The molecule has 0 fully saturated rings. The Morgan fingerprint density at radius 3 is 2.35 bits per heavy atom. The number of nitrogens with one attached hydrogen (secondary N) is 1. The van der Waals surface area contributed by atoms with E-state index in [1.165, 1.54) is 30.3 Å². The molecule has 0 aliphatic heterocycles. The number of rotatable bonds is 5. The Hall–Kier alpha value is -1.69. The summed E-state index contributed by atoms with van der Waals surface area (Å²) < 4.78 is 39.3. The molecule has 1 atom stereocenters. The van der Waals surface area contributed by atoms with Crippen LogP contribution in [0.5, 0.6) is 5.75 Å². The fourth-order valence-corrected chi connectivity index (χ4v) is 1.15. The number of alkyl halides is 3. The van der Waals surface area contributed by atoms with Crippen molar-refractivity contribution in [1.82, 2.24) is 0 Å². The summed E-state index contributed by atoms with van der Waals surface area (Å²) in [7, 11) is 0. The summed E-state index contributed by atoms with van der Waals surface area (Å²) in [5.74, 6) is -0.290. The minimum absolute atomic E-state index is 0.149. The molecule has 0 aliphatic rings. The van der Waals surface area contributed by atoms with E-state index in [-0.39, 0.29) is 18.4 Å². The van der Waals surface area contributed by atoms with Gasteiger partial charge >= 0.3 is 6.36 Å². The van der Waals surface area contributed by atoms with Crippen LogP contribution in [-0.2, 0) is 0 Å². The highest BCUT2D eigenvalue weighted by molar-refractivity contribution is 5.47. The summed E-state index contributed by atoms with van der Waals surface area (Å²) in [6.07, 6.45) is -3.19. The first-order chi connectivity index (χ1) is 7.94. The van der Waals surface area contributed by atoms with Crippen LogP contribution in [0.1, 0.15) is 0 Å². The van der Waals surface area contributed by atoms with Gasteiger partial charge in [-0.1, -0.05) is 6.08 Å². The van der Waals surface area contributed by atoms with Crippen molar-refractivity contribution in [2.75, 3.05) is 11.9 Å². The fraction of sp³-hybridized carbons (Fsp3) is 0.273. The Kier molecular flexibility index (Phi) is 4.39. The molecule has 0 radical (unpaired) electrons. The van der Waals surface area contributed by atoms with Crippen LogP contribution >= 0.6 is 0 Å². The lowest BCUT2D eigenvalue weighted by Crippen LogP contribution is -2.20. The van der Waals surface area contributed by atoms with Crippen molar-refractivity contribution < 1.29 is 23.0 Å². The molecule has 0 bridgehead atoms. The van der Waals surface area contributed by atoms with Crippen LogP contribution in [0.25, 0.3) is 0 Å². The molecule has 0 spiro atoms. The van der Waals surface area contributed by atoms with Gasteiger partial charge in [0.2, 0.25) is 0 Å². The normalized spacial score (nSPS) is 12.9. The molecule has 1 aromatic carbocycles. The lowest BCUT2D eigenvalue weighted by Gasteiger charge is -2.14. The van der Waals surface area contributed by atoms with Crippen LogP contribution in [0.15, 0.2) is 36.9 Å². The highest BCUT2D eigenvalue weighted by atomic mass is 19.4. The van der Waals surface area contributed by atoms with Gasteiger partial charge in [-0.05, 0) is 24.3 Å². The maximum Gasteiger partial charge on any atom is 0.573 e. The zero-order valence-corrected chi connectivity index (χ0v) is 8.87. The summed E-state index contributed by atoms with van der Waals surface area (Å²) in [4.78, 5) is 0. The molecule has 3 nitrogen and oxygen atoms in total. The van der Waals surface area contributed by atoms with Gasteiger partial charge in [0, 0.05) is 5.69 Å². The van der Waals surface area contributed by atoms with Gasteiger partial charge in [-0.25, -0.2) is 0 Å². The Labute approximate surface area is 96.5 Å². The van der Waals surface area contributed by atoms with Gasteiger partial charge in [0.25, 0.3) is 0 Å². The molecule has 2 N–H and O–H groups in total. The number of halogens is 3. The van der Waals surface area contributed by atoms with Gasteiger partial charge in [0.15, 0.2) is 0 Å². The lowest BCUT2D eigenvalue weighted by molar-refractivity contribution is -0.274. The Morgan fingerprint density at radius 1 is 1.35 bits per heavy atom. The maximum absolute atomic E-state index is 11.9. The van der Waals surface area contributed by atoms with Gasteiger partial charge < -0.3 is 15.2 Å². The quantitative estimate of drug-likeness (QED) is 0.786. The standard InChI is InChI=1S/C11H12F3NO2/c1-2-8(7-16)15-9-3-5-10(6-4-9)17-11(12,13)14/h2-6,8,15-16H,1,7H2. The van der Waals surface area contributed by atoms with E-state index in [4.69, 9.17) is 5.11 Å². The molecule has 0 aliphatic carbocycles. The number of benzene rings is 1. The predicted molar refractivity (Wildman–Crippen MR) is 57.8 cm³/mol. The zero-order chi connectivity index (χ0) is 12.9. The summed E-state index contributed by atoms with van der Waals surface area (Å²) in [6, 6.07) is 4.88. The van der Waals surface area contributed by atoms with Crippen LogP contribution in [0.2, 0.25) is 0 Å². The molecule has 94 valence electrons. The predicted octanol–water partition coefficient (Wildman–Crippen LogP) is 2.54. The van der Waals surface area contributed by atoms with Crippen molar-refractivity contribution in [3.8, 4) is 5.75 Å². The summed E-state index contributed by atoms with van der Waals surface area (Å²) in [5, 5.41) is 11.8. The second-order valence-corrected chi connectivity index (χ2v) is 3.24. The Balaban J connectivity index is 2.65. The monoisotopic (exact) mass is 247 g/mol. The van der Waals surface area contributed by atoms with Gasteiger partial charge in [0.05, 0.1) is 12.6 Å². The second kappa shape index (κ2) is 5.58. The second-order valence-electron chi connectivity index (χ2n) is 3.24. The fourth-order valence-electron chi connectivity index (χ4n) is 1.15. The van der Waals surface area contributed by atoms with Crippen molar-refractivity contribution in [3.63, 3.8) is 0 Å². The molecular weight excluding hydrogens is 235 g/mol. The van der Waals surface area contributed by atoms with E-state index in [1.54, 1.807) is 0 Å². The van der Waals surface area contributed by atoms with Crippen molar-refractivity contribution in [3.05, 3.63) is 36.9 Å². The molecule has 0 saturated heterocycles. The molecule has 1 rings (SSSR count). The molecule has 1 unspecified atom stereocenters. The molecule has 17 heavy (non-hydrogen) atoms. The lowest BCUT2D eigenvalue weighted by atomic mass is 10.2. The van der Waals surface area contributed by atoms with Gasteiger partial charge in [0.1, 0.15) is 5.75 Å².